The summed E-state index contributed by atoms with van der Waals surface area (Å²) in [4.78, 5) is 34.7. The standard InChI is InChI=1S/C28H25FN4O7S.Na/c1-38-24-25(39-2)33-23-20(32-24)5-4-6-22(23)40-21-12-9-17(15-19(21)29)31-27(35)28(13-14-28)26(34)30-16-7-10-18(11-8-16)41(3,36)37;/h4-12,15H,13-14H2,1-3H3,(H,30,34)(H,31,35);/q;+1. The molecule has 42 heavy (non-hydrogen) atoms. The summed E-state index contributed by atoms with van der Waals surface area (Å²) in [6.45, 7) is 0. The Balaban J connectivity index is 0.00000405. The molecule has 4 aromatic rings. The van der Waals surface area contributed by atoms with E-state index in [1.54, 1.807) is 18.2 Å². The summed E-state index contributed by atoms with van der Waals surface area (Å²) < 4.78 is 54.5. The second-order valence-corrected chi connectivity index (χ2v) is 11.4. The van der Waals surface area contributed by atoms with Crippen LogP contribution in [0.2, 0.25) is 0 Å². The first kappa shape index (κ1) is 31.2. The van der Waals surface area contributed by atoms with Crippen molar-refractivity contribution in [1.29, 1.82) is 0 Å². The third-order valence-electron chi connectivity index (χ3n) is 6.55. The number of carbonyl (C=O) groups excluding carboxylic acids is 2. The first-order chi connectivity index (χ1) is 19.5. The number of halogens is 1. The Morgan fingerprint density at radius 2 is 1.45 bits per heavy atom. The summed E-state index contributed by atoms with van der Waals surface area (Å²) in [7, 11) is -0.528. The van der Waals surface area contributed by atoms with E-state index in [1.165, 1.54) is 50.6 Å². The minimum absolute atomic E-state index is 0. The molecular weight excluding hydrogens is 578 g/mol. The molecule has 0 spiro atoms. The van der Waals surface area contributed by atoms with Gasteiger partial charge in [0.1, 0.15) is 10.9 Å². The molecular formula is C28H25FN4NaO7S+. The zero-order valence-electron chi connectivity index (χ0n) is 23.2. The van der Waals surface area contributed by atoms with Gasteiger partial charge in [0.25, 0.3) is 11.8 Å². The molecule has 2 N–H and O–H groups in total. The van der Waals surface area contributed by atoms with Gasteiger partial charge in [-0.15, -0.1) is 0 Å². The third-order valence-corrected chi connectivity index (χ3v) is 7.68. The first-order valence-electron chi connectivity index (χ1n) is 12.3. The van der Waals surface area contributed by atoms with Crippen molar-refractivity contribution in [3.05, 3.63) is 66.5 Å². The van der Waals surface area contributed by atoms with Crippen LogP contribution in [0.3, 0.4) is 0 Å². The van der Waals surface area contributed by atoms with Gasteiger partial charge in [-0.3, -0.25) is 9.59 Å². The summed E-state index contributed by atoms with van der Waals surface area (Å²) in [6, 6.07) is 14.5. The van der Waals surface area contributed by atoms with E-state index < -0.39 is 32.9 Å². The van der Waals surface area contributed by atoms with E-state index >= 15 is 4.39 Å². The fourth-order valence-electron chi connectivity index (χ4n) is 4.12. The summed E-state index contributed by atoms with van der Waals surface area (Å²) in [6.07, 6.45) is 1.71. The maximum atomic E-state index is 15.0. The summed E-state index contributed by atoms with van der Waals surface area (Å²) in [5.74, 6) is -1.44. The van der Waals surface area contributed by atoms with Gasteiger partial charge >= 0.3 is 29.6 Å². The van der Waals surface area contributed by atoms with E-state index in [-0.39, 0.29) is 63.4 Å². The fraction of sp³-hybridized carbons (Fsp3) is 0.214. The molecule has 212 valence electrons. The zero-order valence-corrected chi connectivity index (χ0v) is 26.0. The van der Waals surface area contributed by atoms with Crippen LogP contribution < -0.4 is 54.4 Å². The number of nitrogens with one attached hydrogen (secondary N) is 2. The molecule has 1 heterocycles. The van der Waals surface area contributed by atoms with Crippen LogP contribution in [0, 0.1) is 11.2 Å². The molecule has 0 atom stereocenters. The summed E-state index contributed by atoms with van der Waals surface area (Å²) in [5, 5.41) is 5.25. The van der Waals surface area contributed by atoms with E-state index in [9.17, 15) is 18.0 Å². The van der Waals surface area contributed by atoms with Gasteiger partial charge in [0.2, 0.25) is 11.8 Å². The first-order valence-corrected chi connectivity index (χ1v) is 14.2. The number of amides is 2. The number of fused-ring (bicyclic) bond motifs is 1. The molecule has 14 heteroatoms. The van der Waals surface area contributed by atoms with Crippen molar-refractivity contribution in [1.82, 2.24) is 9.97 Å². The van der Waals surface area contributed by atoms with Gasteiger partial charge < -0.3 is 24.8 Å². The number of carbonyl (C=O) groups is 2. The predicted molar refractivity (Wildman–Crippen MR) is 148 cm³/mol. The van der Waals surface area contributed by atoms with Gasteiger partial charge in [-0.1, -0.05) is 6.07 Å². The van der Waals surface area contributed by atoms with Crippen LogP contribution in [0.15, 0.2) is 65.6 Å². The van der Waals surface area contributed by atoms with E-state index in [1.807, 2.05) is 0 Å². The van der Waals surface area contributed by atoms with Crippen molar-refractivity contribution in [2.45, 2.75) is 17.7 Å². The molecule has 1 saturated carbocycles. The number of methoxy groups -OCH3 is 2. The molecule has 1 aliphatic carbocycles. The molecule has 0 saturated heterocycles. The molecule has 1 aromatic heterocycles. The van der Waals surface area contributed by atoms with Crippen LogP contribution in [-0.4, -0.2) is 50.7 Å². The van der Waals surface area contributed by atoms with Crippen LogP contribution in [0.4, 0.5) is 15.8 Å². The SMILES string of the molecule is COc1nc2cccc(Oc3ccc(NC(=O)C4(C(=O)Nc5ccc(S(C)(=O)=O)cc5)CC4)cc3F)c2nc1OC.[Na+]. The number of benzene rings is 3. The molecule has 0 aliphatic heterocycles. The number of ether oxygens (including phenoxy) is 3. The molecule has 3 aromatic carbocycles. The molecule has 0 unspecified atom stereocenters. The Kier molecular flexibility index (Phi) is 9.06. The second kappa shape index (κ2) is 12.2. The van der Waals surface area contributed by atoms with Gasteiger partial charge in [0.05, 0.1) is 24.6 Å². The average molecular weight is 604 g/mol. The van der Waals surface area contributed by atoms with Gasteiger partial charge in [-0.25, -0.2) is 22.8 Å². The van der Waals surface area contributed by atoms with E-state index in [4.69, 9.17) is 14.2 Å². The van der Waals surface area contributed by atoms with Crippen LogP contribution in [0.25, 0.3) is 11.0 Å². The Morgan fingerprint density at radius 3 is 2.02 bits per heavy atom. The van der Waals surface area contributed by atoms with Crippen LogP contribution >= 0.6 is 0 Å². The molecule has 11 nitrogen and oxygen atoms in total. The smallest absolute Gasteiger partial charge is 0.477 e. The predicted octanol–water partition coefficient (Wildman–Crippen LogP) is 1.34. The number of hydrogen-bond donors (Lipinski definition) is 2. The van der Waals surface area contributed by atoms with Gasteiger partial charge in [-0.05, 0) is 61.4 Å². The molecule has 0 bridgehead atoms. The summed E-state index contributed by atoms with van der Waals surface area (Å²) in [5.41, 5.74) is -0.0507. The van der Waals surface area contributed by atoms with Gasteiger partial charge in [0.15, 0.2) is 27.2 Å². The van der Waals surface area contributed by atoms with E-state index in [0.717, 1.165) is 12.3 Å². The number of nitrogens with zero attached hydrogens (tertiary/aromatic N) is 2. The van der Waals surface area contributed by atoms with Crippen molar-refractivity contribution in [3.8, 4) is 23.3 Å². The number of sulfone groups is 1. The molecule has 2 amide bonds. The zero-order chi connectivity index (χ0) is 29.4. The Hall–Kier alpha value is -3.78. The molecule has 0 radical (unpaired) electrons. The Labute approximate surface area is 263 Å². The van der Waals surface area contributed by atoms with Crippen molar-refractivity contribution in [2.75, 3.05) is 31.1 Å². The molecule has 1 aliphatic rings. The van der Waals surface area contributed by atoms with Gasteiger partial charge in [0, 0.05) is 23.7 Å². The monoisotopic (exact) mass is 603 g/mol. The van der Waals surface area contributed by atoms with E-state index in [2.05, 4.69) is 20.6 Å². The second-order valence-electron chi connectivity index (χ2n) is 9.40. The number of rotatable bonds is 9. The Morgan fingerprint density at radius 1 is 0.857 bits per heavy atom. The minimum atomic E-state index is -3.38. The van der Waals surface area contributed by atoms with Gasteiger partial charge in [-0.2, -0.15) is 0 Å². The normalized spacial score (nSPS) is 13.4. The number of anilines is 2. The van der Waals surface area contributed by atoms with Crippen molar-refractivity contribution in [3.63, 3.8) is 0 Å². The van der Waals surface area contributed by atoms with Crippen LogP contribution in [-0.2, 0) is 19.4 Å². The minimum Gasteiger partial charge on any atom is -0.477 e. The topological polar surface area (TPSA) is 146 Å². The Bertz CT molecular complexity index is 1780. The maximum absolute atomic E-state index is 15.0. The summed E-state index contributed by atoms with van der Waals surface area (Å²) >= 11 is 0. The molecule has 1 fully saturated rings. The maximum Gasteiger partial charge on any atom is 1.00 e. The van der Waals surface area contributed by atoms with Crippen molar-refractivity contribution < 1.29 is 66.2 Å². The molecule has 5 rings (SSSR count). The van der Waals surface area contributed by atoms with E-state index in [0.29, 0.717) is 29.6 Å². The number of hydrogen-bond acceptors (Lipinski definition) is 9. The van der Waals surface area contributed by atoms with Crippen molar-refractivity contribution >= 4 is 44.1 Å². The fourth-order valence-corrected chi connectivity index (χ4v) is 4.75. The van der Waals surface area contributed by atoms with Crippen LogP contribution in [0.1, 0.15) is 12.8 Å². The average Bonchev–Trinajstić information content (AvgIpc) is 3.76. The van der Waals surface area contributed by atoms with Crippen molar-refractivity contribution in [2.24, 2.45) is 5.41 Å². The third kappa shape index (κ3) is 6.33. The largest absolute Gasteiger partial charge is 1.00 e. The number of aromatic nitrogens is 2. The quantitative estimate of drug-likeness (QED) is 0.214. The number of para-hydroxylation sites is 1. The van der Waals surface area contributed by atoms with Crippen LogP contribution in [0.5, 0.6) is 23.3 Å².